The van der Waals surface area contributed by atoms with E-state index in [0.29, 0.717) is 23.3 Å². The largest absolute Gasteiger partial charge is 0.391 e. The van der Waals surface area contributed by atoms with Crippen molar-refractivity contribution >= 4 is 17.5 Å². The molecule has 37 heavy (non-hydrogen) atoms. The molecule has 0 radical (unpaired) electrons. The Labute approximate surface area is 214 Å². The standard InChI is InChI=1S/C26H30FN7O3/c1-5-19-12-34(32-31-19)24(15(2)3)26(37)33-13-20(35)10-22(33)25(36)30-16(4)17-6-8-18(9-7-17)23-21(27)11-28-14-29-23/h6-9,11-12,14,16,20,22,35H,5,10,13H2,1-4H3,(H,30,36)/t16-,20?,22-/m0/s1. The van der Waals surface area contributed by atoms with Crippen LogP contribution in [0.4, 0.5) is 4.39 Å². The molecule has 1 aliphatic rings. The number of carbonyl (C=O) groups excluding carboxylic acids is 2. The fraction of sp³-hybridized carbons (Fsp3) is 0.385. The van der Waals surface area contributed by atoms with Crippen molar-refractivity contribution < 1.29 is 19.1 Å². The summed E-state index contributed by atoms with van der Waals surface area (Å²) in [4.78, 5) is 35.9. The first-order chi connectivity index (χ1) is 17.7. The van der Waals surface area contributed by atoms with Crippen LogP contribution in [0, 0.1) is 5.82 Å². The third-order valence-corrected chi connectivity index (χ3v) is 6.36. The van der Waals surface area contributed by atoms with Gasteiger partial charge in [0.25, 0.3) is 5.91 Å². The van der Waals surface area contributed by atoms with E-state index in [4.69, 9.17) is 0 Å². The SMILES string of the molecule is CCc1cn(C(C(=O)N2CC(O)C[C@H]2C(=O)N[C@@H](C)c2ccc(-c3ncncc3F)cc2)=C(C)C)nn1. The van der Waals surface area contributed by atoms with Crippen molar-refractivity contribution in [2.45, 2.75) is 58.7 Å². The molecule has 1 aliphatic heterocycles. The minimum absolute atomic E-state index is 0.0383. The Morgan fingerprint density at radius 1 is 1.24 bits per heavy atom. The fourth-order valence-electron chi connectivity index (χ4n) is 4.38. The van der Waals surface area contributed by atoms with E-state index in [1.165, 1.54) is 15.9 Å². The first kappa shape index (κ1) is 26.1. The van der Waals surface area contributed by atoms with Gasteiger partial charge in [-0.2, -0.15) is 0 Å². The minimum Gasteiger partial charge on any atom is -0.391 e. The maximum atomic E-state index is 14.0. The van der Waals surface area contributed by atoms with E-state index in [-0.39, 0.29) is 24.6 Å². The van der Waals surface area contributed by atoms with Gasteiger partial charge < -0.3 is 15.3 Å². The van der Waals surface area contributed by atoms with Crippen molar-refractivity contribution in [1.29, 1.82) is 0 Å². The summed E-state index contributed by atoms with van der Waals surface area (Å²) in [6.07, 6.45) is 4.06. The van der Waals surface area contributed by atoms with Crippen molar-refractivity contribution in [3.8, 4) is 11.3 Å². The monoisotopic (exact) mass is 507 g/mol. The second-order valence-corrected chi connectivity index (χ2v) is 9.29. The lowest BCUT2D eigenvalue weighted by atomic mass is 10.0. The predicted molar refractivity (Wildman–Crippen MR) is 134 cm³/mol. The molecule has 3 aromatic rings. The number of aliphatic hydroxyl groups excluding tert-OH is 1. The lowest BCUT2D eigenvalue weighted by molar-refractivity contribution is -0.135. The molecule has 1 unspecified atom stereocenters. The molecule has 0 saturated carbocycles. The van der Waals surface area contributed by atoms with Crippen LogP contribution < -0.4 is 5.32 Å². The molecule has 1 saturated heterocycles. The highest BCUT2D eigenvalue weighted by Crippen LogP contribution is 2.26. The lowest BCUT2D eigenvalue weighted by Crippen LogP contribution is -2.47. The molecule has 0 aliphatic carbocycles. The van der Waals surface area contributed by atoms with E-state index in [9.17, 15) is 19.1 Å². The number of nitrogens with one attached hydrogen (secondary N) is 1. The number of carbonyl (C=O) groups is 2. The molecule has 0 bridgehead atoms. The van der Waals surface area contributed by atoms with Crippen LogP contribution in [0.5, 0.6) is 0 Å². The number of hydrogen-bond donors (Lipinski definition) is 2. The van der Waals surface area contributed by atoms with Crippen molar-refractivity contribution in [3.63, 3.8) is 0 Å². The molecule has 3 heterocycles. The van der Waals surface area contributed by atoms with Gasteiger partial charge in [0, 0.05) is 18.5 Å². The Bertz CT molecular complexity index is 1320. The van der Waals surface area contributed by atoms with Gasteiger partial charge in [-0.1, -0.05) is 36.4 Å². The number of benzene rings is 1. The number of rotatable bonds is 7. The zero-order valence-corrected chi connectivity index (χ0v) is 21.2. The fourth-order valence-corrected chi connectivity index (χ4v) is 4.38. The second-order valence-electron chi connectivity index (χ2n) is 9.29. The van der Waals surface area contributed by atoms with Gasteiger partial charge in [-0.05, 0) is 38.3 Å². The summed E-state index contributed by atoms with van der Waals surface area (Å²) < 4.78 is 15.4. The number of nitrogens with zero attached hydrogens (tertiary/aromatic N) is 6. The average molecular weight is 508 g/mol. The highest BCUT2D eigenvalue weighted by molar-refractivity contribution is 6.15. The summed E-state index contributed by atoms with van der Waals surface area (Å²) in [5.74, 6) is -1.29. The summed E-state index contributed by atoms with van der Waals surface area (Å²) in [5, 5.41) is 21.4. The van der Waals surface area contributed by atoms with Gasteiger partial charge >= 0.3 is 0 Å². The summed E-state index contributed by atoms with van der Waals surface area (Å²) in [6.45, 7) is 7.39. The maximum Gasteiger partial charge on any atom is 0.273 e. The van der Waals surface area contributed by atoms with Crippen LogP contribution in [0.2, 0.25) is 0 Å². The first-order valence-electron chi connectivity index (χ1n) is 12.1. The molecule has 11 heteroatoms. The number of likely N-dealkylation sites (tertiary alicyclic amines) is 1. The molecular weight excluding hydrogens is 477 g/mol. The van der Waals surface area contributed by atoms with E-state index < -0.39 is 29.9 Å². The van der Waals surface area contributed by atoms with Crippen molar-refractivity contribution in [2.24, 2.45) is 0 Å². The zero-order chi connectivity index (χ0) is 26.7. The molecule has 2 N–H and O–H groups in total. The lowest BCUT2D eigenvalue weighted by Gasteiger charge is -2.26. The average Bonchev–Trinajstić information content (AvgIpc) is 3.51. The number of β-amino-alcohol motifs (C(OH)–C–C–N with tert-alkyl or cyclic N) is 1. The molecule has 194 valence electrons. The molecular formula is C26H30FN7O3. The van der Waals surface area contributed by atoms with E-state index in [1.54, 1.807) is 44.3 Å². The molecule has 2 aromatic heterocycles. The summed E-state index contributed by atoms with van der Waals surface area (Å²) in [7, 11) is 0. The molecule has 1 fully saturated rings. The smallest absolute Gasteiger partial charge is 0.273 e. The molecule has 10 nitrogen and oxygen atoms in total. The van der Waals surface area contributed by atoms with Gasteiger partial charge in [-0.15, -0.1) is 5.10 Å². The predicted octanol–water partition coefficient (Wildman–Crippen LogP) is 2.53. The Hall–Kier alpha value is -3.99. The van der Waals surface area contributed by atoms with Gasteiger partial charge in [0.2, 0.25) is 5.91 Å². The topological polar surface area (TPSA) is 126 Å². The zero-order valence-electron chi connectivity index (χ0n) is 21.2. The van der Waals surface area contributed by atoms with Gasteiger partial charge in [0.15, 0.2) is 5.82 Å². The third kappa shape index (κ3) is 5.56. The minimum atomic E-state index is -0.845. The van der Waals surface area contributed by atoms with Crippen LogP contribution in [0.25, 0.3) is 17.0 Å². The molecule has 0 spiro atoms. The van der Waals surface area contributed by atoms with Gasteiger partial charge in [-0.3, -0.25) is 9.59 Å². The van der Waals surface area contributed by atoms with Crippen molar-refractivity contribution in [3.05, 3.63) is 65.6 Å². The number of aliphatic hydroxyl groups is 1. The van der Waals surface area contributed by atoms with Crippen LogP contribution >= 0.6 is 0 Å². The Morgan fingerprint density at radius 3 is 2.59 bits per heavy atom. The van der Waals surface area contributed by atoms with E-state index in [2.05, 4.69) is 25.6 Å². The molecule has 3 atom stereocenters. The number of aromatic nitrogens is 5. The Morgan fingerprint density at radius 2 is 1.97 bits per heavy atom. The normalized spacial score (nSPS) is 17.9. The van der Waals surface area contributed by atoms with Gasteiger partial charge in [-0.25, -0.2) is 19.0 Å². The second kappa shape index (κ2) is 11.0. The highest BCUT2D eigenvalue weighted by atomic mass is 19.1. The van der Waals surface area contributed by atoms with E-state index >= 15 is 0 Å². The first-order valence-corrected chi connectivity index (χ1v) is 12.1. The maximum absolute atomic E-state index is 14.0. The van der Waals surface area contributed by atoms with Gasteiger partial charge in [0.05, 0.1) is 30.2 Å². The van der Waals surface area contributed by atoms with Crippen LogP contribution in [-0.4, -0.2) is 65.5 Å². The Balaban J connectivity index is 1.49. The highest BCUT2D eigenvalue weighted by Gasteiger charge is 2.41. The van der Waals surface area contributed by atoms with Gasteiger partial charge in [0.1, 0.15) is 23.8 Å². The Kier molecular flexibility index (Phi) is 7.72. The molecule has 2 amide bonds. The summed E-state index contributed by atoms with van der Waals surface area (Å²) >= 11 is 0. The number of hydrogen-bond acceptors (Lipinski definition) is 7. The van der Waals surface area contributed by atoms with Crippen molar-refractivity contribution in [2.75, 3.05) is 6.54 Å². The number of aryl methyl sites for hydroxylation is 1. The van der Waals surface area contributed by atoms with Crippen molar-refractivity contribution in [1.82, 2.24) is 35.2 Å². The summed E-state index contributed by atoms with van der Waals surface area (Å²) in [6, 6.07) is 5.78. The quantitative estimate of drug-likeness (QED) is 0.471. The van der Waals surface area contributed by atoms with E-state index in [1.807, 2.05) is 13.8 Å². The molecule has 4 rings (SSSR count). The number of allylic oxidation sites excluding steroid dienone is 1. The van der Waals surface area contributed by atoms with E-state index in [0.717, 1.165) is 17.5 Å². The van der Waals surface area contributed by atoms with Crippen LogP contribution in [0.3, 0.4) is 0 Å². The van der Waals surface area contributed by atoms with Crippen LogP contribution in [0.15, 0.2) is 48.6 Å². The third-order valence-electron chi connectivity index (χ3n) is 6.36. The van der Waals surface area contributed by atoms with Crippen LogP contribution in [-0.2, 0) is 16.0 Å². The van der Waals surface area contributed by atoms with Crippen LogP contribution in [0.1, 0.15) is 51.4 Å². The number of amides is 2. The molecule has 1 aromatic carbocycles. The number of halogens is 1. The summed E-state index contributed by atoms with van der Waals surface area (Å²) in [5.41, 5.74) is 3.34.